The average molecular weight is 310 g/mol. The van der Waals surface area contributed by atoms with E-state index in [2.05, 4.69) is 14.8 Å². The molecule has 1 aliphatic heterocycles. The van der Waals surface area contributed by atoms with Gasteiger partial charge in [0.15, 0.2) is 0 Å². The van der Waals surface area contributed by atoms with E-state index in [1.165, 1.54) is 0 Å². The van der Waals surface area contributed by atoms with Gasteiger partial charge < -0.3 is 10.1 Å². The van der Waals surface area contributed by atoms with Crippen LogP contribution in [0, 0.1) is 0 Å². The van der Waals surface area contributed by atoms with Gasteiger partial charge in [-0.25, -0.2) is 13.1 Å². The maximum absolute atomic E-state index is 12.0. The number of ether oxygens (including phenoxy) is 1. The average Bonchev–Trinajstić information content (AvgIpc) is 2.79. The van der Waals surface area contributed by atoms with Crippen LogP contribution in [0.4, 0.5) is 13.2 Å². The first-order valence-electron chi connectivity index (χ1n) is 5.85. The molecule has 1 heterocycles. The Morgan fingerprint density at radius 3 is 2.40 bits per heavy atom. The van der Waals surface area contributed by atoms with Gasteiger partial charge in [0.25, 0.3) is 0 Å². The van der Waals surface area contributed by atoms with Crippen molar-refractivity contribution in [1.29, 1.82) is 0 Å². The van der Waals surface area contributed by atoms with Gasteiger partial charge in [-0.1, -0.05) is 0 Å². The summed E-state index contributed by atoms with van der Waals surface area (Å²) in [7, 11) is -3.73. The van der Waals surface area contributed by atoms with Crippen molar-refractivity contribution >= 4 is 10.0 Å². The minimum absolute atomic E-state index is 0.0982. The van der Waals surface area contributed by atoms with Crippen LogP contribution in [0.5, 0.6) is 5.75 Å². The molecule has 1 aromatic rings. The lowest BCUT2D eigenvalue weighted by molar-refractivity contribution is -0.274. The Morgan fingerprint density at radius 2 is 1.90 bits per heavy atom. The van der Waals surface area contributed by atoms with Crippen LogP contribution in [-0.4, -0.2) is 33.9 Å². The third kappa shape index (κ3) is 4.09. The van der Waals surface area contributed by atoms with Gasteiger partial charge in [-0.05, 0) is 37.2 Å². The SMILES string of the molecule is O=S(=O)(N[C@H]1CCNC1)c1ccc(OC(F)(F)F)cc1. The van der Waals surface area contributed by atoms with Crippen molar-refractivity contribution in [3.8, 4) is 5.75 Å². The number of halogens is 3. The number of rotatable bonds is 4. The lowest BCUT2D eigenvalue weighted by atomic mass is 10.3. The Bertz CT molecular complexity index is 551. The standard InChI is InChI=1S/C11H13F3N2O3S/c12-11(13,14)19-9-1-3-10(4-2-9)20(17,18)16-8-5-6-15-7-8/h1-4,8,15-16H,5-7H2/t8-/m0/s1. The van der Waals surface area contributed by atoms with E-state index in [9.17, 15) is 21.6 Å². The van der Waals surface area contributed by atoms with E-state index in [-0.39, 0.29) is 10.9 Å². The van der Waals surface area contributed by atoms with E-state index in [4.69, 9.17) is 0 Å². The van der Waals surface area contributed by atoms with Crippen molar-refractivity contribution in [3.63, 3.8) is 0 Å². The maximum Gasteiger partial charge on any atom is 0.573 e. The Labute approximate surface area is 114 Å². The molecule has 2 rings (SSSR count). The van der Waals surface area contributed by atoms with Crippen LogP contribution in [0.25, 0.3) is 0 Å². The zero-order valence-electron chi connectivity index (χ0n) is 10.3. The molecule has 1 aromatic carbocycles. The van der Waals surface area contributed by atoms with E-state index in [0.29, 0.717) is 13.0 Å². The largest absolute Gasteiger partial charge is 0.573 e. The van der Waals surface area contributed by atoms with Crippen LogP contribution in [0.1, 0.15) is 6.42 Å². The number of alkyl halides is 3. The van der Waals surface area contributed by atoms with Crippen LogP contribution < -0.4 is 14.8 Å². The summed E-state index contributed by atoms with van der Waals surface area (Å²) in [5.41, 5.74) is 0. The van der Waals surface area contributed by atoms with E-state index in [1.54, 1.807) is 0 Å². The minimum Gasteiger partial charge on any atom is -0.406 e. The summed E-state index contributed by atoms with van der Waals surface area (Å²) in [5.74, 6) is -0.459. The molecule has 0 amide bonds. The Kier molecular flexibility index (Phi) is 4.21. The van der Waals surface area contributed by atoms with Crippen LogP contribution in [0.3, 0.4) is 0 Å². The fraction of sp³-hybridized carbons (Fsp3) is 0.455. The first-order valence-corrected chi connectivity index (χ1v) is 7.33. The minimum atomic E-state index is -4.80. The molecule has 5 nitrogen and oxygen atoms in total. The highest BCUT2D eigenvalue weighted by Gasteiger charge is 2.31. The quantitative estimate of drug-likeness (QED) is 0.878. The van der Waals surface area contributed by atoms with Crippen LogP contribution in [0.2, 0.25) is 0 Å². The lowest BCUT2D eigenvalue weighted by Gasteiger charge is -2.13. The lowest BCUT2D eigenvalue weighted by Crippen LogP contribution is -2.36. The maximum atomic E-state index is 12.0. The molecule has 0 aliphatic carbocycles. The molecule has 112 valence electrons. The fourth-order valence-electron chi connectivity index (χ4n) is 1.86. The predicted molar refractivity (Wildman–Crippen MR) is 64.7 cm³/mol. The highest BCUT2D eigenvalue weighted by Crippen LogP contribution is 2.24. The van der Waals surface area contributed by atoms with E-state index >= 15 is 0 Å². The second-order valence-corrected chi connectivity index (χ2v) is 6.04. The number of hydrogen-bond acceptors (Lipinski definition) is 4. The van der Waals surface area contributed by atoms with Gasteiger partial charge >= 0.3 is 6.36 Å². The van der Waals surface area contributed by atoms with Gasteiger partial charge in [-0.2, -0.15) is 0 Å². The monoisotopic (exact) mass is 310 g/mol. The third-order valence-corrected chi connectivity index (χ3v) is 4.29. The number of nitrogens with one attached hydrogen (secondary N) is 2. The van der Waals surface area contributed by atoms with Gasteiger partial charge in [0.1, 0.15) is 5.75 Å². The first kappa shape index (κ1) is 15.1. The summed E-state index contributed by atoms with van der Waals surface area (Å²) < 4.78 is 66.1. The topological polar surface area (TPSA) is 67.4 Å². The number of hydrogen-bond donors (Lipinski definition) is 2. The van der Waals surface area contributed by atoms with E-state index < -0.39 is 22.1 Å². The smallest absolute Gasteiger partial charge is 0.406 e. The van der Waals surface area contributed by atoms with Crippen molar-refractivity contribution in [2.45, 2.75) is 23.7 Å². The molecular formula is C11H13F3N2O3S. The second kappa shape index (κ2) is 5.58. The molecule has 0 spiro atoms. The summed E-state index contributed by atoms with van der Waals surface area (Å²) in [6, 6.07) is 3.88. The molecule has 1 fully saturated rings. The van der Waals surface area contributed by atoms with Gasteiger partial charge in [-0.15, -0.1) is 13.2 Å². The molecule has 2 N–H and O–H groups in total. The van der Waals surface area contributed by atoms with Gasteiger partial charge in [-0.3, -0.25) is 0 Å². The summed E-state index contributed by atoms with van der Waals surface area (Å²) >= 11 is 0. The molecule has 0 unspecified atom stereocenters. The summed E-state index contributed by atoms with van der Waals surface area (Å²) in [4.78, 5) is -0.0982. The number of sulfonamides is 1. The molecule has 9 heteroatoms. The molecule has 1 saturated heterocycles. The van der Waals surface area contributed by atoms with Crippen molar-refractivity contribution in [2.75, 3.05) is 13.1 Å². The normalized spacial score (nSPS) is 20.1. The van der Waals surface area contributed by atoms with Gasteiger partial charge in [0.05, 0.1) is 4.90 Å². The first-order chi connectivity index (χ1) is 9.26. The van der Waals surface area contributed by atoms with E-state index in [0.717, 1.165) is 30.8 Å². The van der Waals surface area contributed by atoms with Crippen LogP contribution >= 0.6 is 0 Å². The van der Waals surface area contributed by atoms with Crippen LogP contribution in [0.15, 0.2) is 29.2 Å². The zero-order valence-corrected chi connectivity index (χ0v) is 11.1. The molecule has 1 atom stereocenters. The molecule has 0 saturated carbocycles. The summed E-state index contributed by atoms with van der Waals surface area (Å²) in [6.07, 6.45) is -4.12. The second-order valence-electron chi connectivity index (χ2n) is 4.33. The van der Waals surface area contributed by atoms with Crippen LogP contribution in [-0.2, 0) is 10.0 Å². The molecule has 0 bridgehead atoms. The van der Waals surface area contributed by atoms with Crippen molar-refractivity contribution in [1.82, 2.24) is 10.0 Å². The van der Waals surface area contributed by atoms with Crippen molar-refractivity contribution in [2.24, 2.45) is 0 Å². The third-order valence-electron chi connectivity index (χ3n) is 2.75. The fourth-order valence-corrected chi connectivity index (χ4v) is 3.13. The Balaban J connectivity index is 2.08. The van der Waals surface area contributed by atoms with Crippen molar-refractivity contribution < 1.29 is 26.3 Å². The number of benzene rings is 1. The predicted octanol–water partition coefficient (Wildman–Crippen LogP) is 1.23. The highest BCUT2D eigenvalue weighted by molar-refractivity contribution is 7.89. The molecule has 0 radical (unpaired) electrons. The van der Waals surface area contributed by atoms with Gasteiger partial charge in [0.2, 0.25) is 10.0 Å². The summed E-state index contributed by atoms with van der Waals surface area (Å²) in [6.45, 7) is 1.26. The van der Waals surface area contributed by atoms with Crippen molar-refractivity contribution in [3.05, 3.63) is 24.3 Å². The molecule has 1 aliphatic rings. The molecular weight excluding hydrogens is 297 g/mol. The summed E-state index contributed by atoms with van der Waals surface area (Å²) in [5, 5.41) is 3.01. The Morgan fingerprint density at radius 1 is 1.25 bits per heavy atom. The van der Waals surface area contributed by atoms with E-state index in [1.807, 2.05) is 0 Å². The van der Waals surface area contributed by atoms with Gasteiger partial charge in [0, 0.05) is 12.6 Å². The molecule has 20 heavy (non-hydrogen) atoms. The Hall–Kier alpha value is -1.32. The zero-order chi connectivity index (χ0) is 14.8. The highest BCUT2D eigenvalue weighted by atomic mass is 32.2. The molecule has 0 aromatic heterocycles.